The van der Waals surface area contributed by atoms with Crippen LogP contribution in [0.5, 0.6) is 0 Å². The van der Waals surface area contributed by atoms with Crippen LogP contribution >= 0.6 is 11.3 Å². The van der Waals surface area contributed by atoms with Gasteiger partial charge in [-0.3, -0.25) is 9.69 Å². The minimum atomic E-state index is -3.73. The lowest BCUT2D eigenvalue weighted by Crippen LogP contribution is -2.32. The fourth-order valence-electron chi connectivity index (χ4n) is 2.30. The molecule has 1 atom stereocenters. The van der Waals surface area contributed by atoms with Crippen molar-refractivity contribution in [2.24, 2.45) is 5.14 Å². The molecule has 116 valence electrons. The molecule has 1 aliphatic rings. The van der Waals surface area contributed by atoms with Gasteiger partial charge < -0.3 is 0 Å². The summed E-state index contributed by atoms with van der Waals surface area (Å²) in [6.07, 6.45) is -0.113. The van der Waals surface area contributed by atoms with E-state index in [-0.39, 0.29) is 18.9 Å². The molecule has 3 rings (SSSR count). The average molecular weight is 338 g/mol. The second-order valence-corrected chi connectivity index (χ2v) is 7.98. The minimum absolute atomic E-state index is 0.0279. The summed E-state index contributed by atoms with van der Waals surface area (Å²) in [5.41, 5.74) is 2.01. The van der Waals surface area contributed by atoms with E-state index < -0.39 is 15.3 Å². The molecule has 1 aliphatic heterocycles. The molecule has 1 aromatic heterocycles. The SMILES string of the molecule is Cc1cccc(-c2nnc(N3CC(S(N)(=O)=O)CC3=O)s2)c1. The summed E-state index contributed by atoms with van der Waals surface area (Å²) < 4.78 is 22.8. The quantitative estimate of drug-likeness (QED) is 0.895. The lowest BCUT2D eigenvalue weighted by Gasteiger charge is -2.11. The van der Waals surface area contributed by atoms with Crippen LogP contribution in [0.4, 0.5) is 5.13 Å². The fraction of sp³-hybridized carbons (Fsp3) is 0.308. The number of nitrogens with two attached hydrogens (primary N) is 1. The second-order valence-electron chi connectivity index (χ2n) is 5.18. The van der Waals surface area contributed by atoms with Crippen molar-refractivity contribution in [3.05, 3.63) is 29.8 Å². The Morgan fingerprint density at radius 1 is 1.36 bits per heavy atom. The largest absolute Gasteiger partial charge is 0.285 e. The minimum Gasteiger partial charge on any atom is -0.285 e. The zero-order chi connectivity index (χ0) is 15.9. The number of hydrogen-bond acceptors (Lipinski definition) is 6. The molecule has 2 aromatic rings. The van der Waals surface area contributed by atoms with E-state index in [0.29, 0.717) is 10.1 Å². The molecule has 22 heavy (non-hydrogen) atoms. The average Bonchev–Trinajstić information content (AvgIpc) is 3.04. The van der Waals surface area contributed by atoms with Gasteiger partial charge >= 0.3 is 0 Å². The van der Waals surface area contributed by atoms with Crippen molar-refractivity contribution >= 4 is 32.4 Å². The molecule has 1 unspecified atom stereocenters. The summed E-state index contributed by atoms with van der Waals surface area (Å²) in [5.74, 6) is -0.300. The fourth-order valence-corrected chi connectivity index (χ4v) is 3.90. The van der Waals surface area contributed by atoms with E-state index >= 15 is 0 Å². The monoisotopic (exact) mass is 338 g/mol. The number of benzene rings is 1. The lowest BCUT2D eigenvalue weighted by molar-refractivity contribution is -0.117. The number of nitrogens with zero attached hydrogens (tertiary/aromatic N) is 3. The number of aromatic nitrogens is 2. The summed E-state index contributed by atoms with van der Waals surface area (Å²) in [4.78, 5) is 13.3. The molecular weight excluding hydrogens is 324 g/mol. The van der Waals surface area contributed by atoms with Gasteiger partial charge in [0.25, 0.3) is 0 Å². The van der Waals surface area contributed by atoms with Crippen LogP contribution in [0.25, 0.3) is 10.6 Å². The summed E-state index contributed by atoms with van der Waals surface area (Å²) in [6, 6.07) is 7.79. The van der Waals surface area contributed by atoms with Gasteiger partial charge in [-0.15, -0.1) is 10.2 Å². The standard InChI is InChI=1S/C13H14N4O3S2/c1-8-3-2-4-9(5-8)12-15-16-13(21-12)17-7-10(6-11(17)18)22(14,19)20/h2-5,10H,6-7H2,1H3,(H2,14,19,20). The van der Waals surface area contributed by atoms with Crippen LogP contribution in [0.3, 0.4) is 0 Å². The van der Waals surface area contributed by atoms with Crippen molar-refractivity contribution in [3.63, 3.8) is 0 Å². The molecule has 7 nitrogen and oxygen atoms in total. The van der Waals surface area contributed by atoms with E-state index in [1.165, 1.54) is 16.2 Å². The Bertz CT molecular complexity index is 831. The Hall–Kier alpha value is -1.84. The van der Waals surface area contributed by atoms with Crippen molar-refractivity contribution in [3.8, 4) is 10.6 Å². The van der Waals surface area contributed by atoms with Gasteiger partial charge in [-0.2, -0.15) is 0 Å². The zero-order valence-electron chi connectivity index (χ0n) is 11.8. The van der Waals surface area contributed by atoms with E-state index in [4.69, 9.17) is 5.14 Å². The molecular formula is C13H14N4O3S2. The number of carbonyl (C=O) groups excluding carboxylic acids is 1. The molecule has 9 heteroatoms. The van der Waals surface area contributed by atoms with Crippen LogP contribution in [0, 0.1) is 6.92 Å². The molecule has 2 N–H and O–H groups in total. The molecule has 0 spiro atoms. The molecule has 0 aliphatic carbocycles. The van der Waals surface area contributed by atoms with Gasteiger partial charge in [0, 0.05) is 18.5 Å². The van der Waals surface area contributed by atoms with Gasteiger partial charge in [0.2, 0.25) is 21.1 Å². The maximum atomic E-state index is 12.0. The van der Waals surface area contributed by atoms with E-state index in [0.717, 1.165) is 11.1 Å². The highest BCUT2D eigenvalue weighted by molar-refractivity contribution is 7.89. The van der Waals surface area contributed by atoms with Crippen molar-refractivity contribution in [1.82, 2.24) is 10.2 Å². The Morgan fingerprint density at radius 2 is 2.14 bits per heavy atom. The number of primary sulfonamides is 1. The first kappa shape index (κ1) is 15.1. The van der Waals surface area contributed by atoms with E-state index in [2.05, 4.69) is 10.2 Å². The number of rotatable bonds is 3. The Balaban J connectivity index is 1.87. The van der Waals surface area contributed by atoms with Gasteiger partial charge in [-0.1, -0.05) is 35.1 Å². The van der Waals surface area contributed by atoms with Crippen molar-refractivity contribution < 1.29 is 13.2 Å². The highest BCUT2D eigenvalue weighted by Crippen LogP contribution is 2.32. The van der Waals surface area contributed by atoms with Crippen molar-refractivity contribution in [1.29, 1.82) is 0 Å². The normalized spacial score (nSPS) is 18.9. The molecule has 2 heterocycles. The molecule has 0 bridgehead atoms. The maximum absolute atomic E-state index is 12.0. The first-order chi connectivity index (χ1) is 10.3. The zero-order valence-corrected chi connectivity index (χ0v) is 13.4. The maximum Gasteiger partial charge on any atom is 0.230 e. The number of aryl methyl sites for hydroxylation is 1. The smallest absolute Gasteiger partial charge is 0.230 e. The van der Waals surface area contributed by atoms with E-state index in [1.54, 1.807) is 0 Å². The number of sulfonamides is 1. The Labute approximate surface area is 131 Å². The number of amides is 1. The van der Waals surface area contributed by atoms with E-state index in [9.17, 15) is 13.2 Å². The summed E-state index contributed by atoms with van der Waals surface area (Å²) in [7, 11) is -3.73. The van der Waals surface area contributed by atoms with Crippen LogP contribution in [-0.4, -0.2) is 36.3 Å². The van der Waals surface area contributed by atoms with Crippen LogP contribution in [0.1, 0.15) is 12.0 Å². The second kappa shape index (κ2) is 5.41. The molecule has 1 aromatic carbocycles. The molecule has 0 saturated carbocycles. The van der Waals surface area contributed by atoms with Crippen LogP contribution < -0.4 is 10.0 Å². The third-order valence-electron chi connectivity index (χ3n) is 3.46. The lowest BCUT2D eigenvalue weighted by atomic mass is 10.1. The Morgan fingerprint density at radius 3 is 2.77 bits per heavy atom. The summed E-state index contributed by atoms with van der Waals surface area (Å²) >= 11 is 1.26. The highest BCUT2D eigenvalue weighted by atomic mass is 32.2. The van der Waals surface area contributed by atoms with Crippen molar-refractivity contribution in [2.45, 2.75) is 18.6 Å². The van der Waals surface area contributed by atoms with E-state index in [1.807, 2.05) is 31.2 Å². The van der Waals surface area contributed by atoms with Gasteiger partial charge in [0.05, 0.1) is 0 Å². The van der Waals surface area contributed by atoms with Crippen molar-refractivity contribution in [2.75, 3.05) is 11.4 Å². The molecule has 0 radical (unpaired) electrons. The summed E-state index contributed by atoms with van der Waals surface area (Å²) in [5, 5.41) is 13.4. The van der Waals surface area contributed by atoms with Gasteiger partial charge in [-0.25, -0.2) is 13.6 Å². The van der Waals surface area contributed by atoms with Gasteiger partial charge in [0.15, 0.2) is 0 Å². The first-order valence-corrected chi connectivity index (χ1v) is 9.00. The number of carbonyl (C=O) groups is 1. The van der Waals surface area contributed by atoms with Gasteiger partial charge in [0.1, 0.15) is 10.3 Å². The van der Waals surface area contributed by atoms with Gasteiger partial charge in [-0.05, 0) is 13.0 Å². The number of hydrogen-bond donors (Lipinski definition) is 1. The Kier molecular flexibility index (Phi) is 3.71. The molecule has 1 amide bonds. The molecule has 1 fully saturated rings. The van der Waals surface area contributed by atoms with Crippen LogP contribution in [-0.2, 0) is 14.8 Å². The highest BCUT2D eigenvalue weighted by Gasteiger charge is 2.38. The van der Waals surface area contributed by atoms with Crippen LogP contribution in [0.15, 0.2) is 24.3 Å². The topological polar surface area (TPSA) is 106 Å². The third-order valence-corrected chi connectivity index (χ3v) is 5.70. The number of anilines is 1. The first-order valence-electron chi connectivity index (χ1n) is 6.57. The summed E-state index contributed by atoms with van der Waals surface area (Å²) in [6.45, 7) is 2.01. The predicted octanol–water partition coefficient (Wildman–Crippen LogP) is 0.907. The molecule has 1 saturated heterocycles. The third kappa shape index (κ3) is 2.87. The predicted molar refractivity (Wildman–Crippen MR) is 83.9 cm³/mol. The van der Waals surface area contributed by atoms with Crippen LogP contribution in [0.2, 0.25) is 0 Å².